The number of thiazole rings is 1. The van der Waals surface area contributed by atoms with Crippen molar-refractivity contribution in [3.8, 4) is 0 Å². The molecule has 1 aromatic rings. The predicted molar refractivity (Wildman–Crippen MR) is 52.3 cm³/mol. The Morgan fingerprint density at radius 3 is 3.00 bits per heavy atom. The van der Waals surface area contributed by atoms with Crippen LogP contribution in [0.4, 0.5) is 0 Å². The van der Waals surface area contributed by atoms with Crippen LogP contribution in [0.15, 0.2) is 5.51 Å². The van der Waals surface area contributed by atoms with Crippen LogP contribution in [0.5, 0.6) is 0 Å². The van der Waals surface area contributed by atoms with Crippen molar-refractivity contribution in [2.24, 2.45) is 5.73 Å². The molecule has 1 unspecified atom stereocenters. The van der Waals surface area contributed by atoms with Gasteiger partial charge in [0.15, 0.2) is 0 Å². The normalized spacial score (nSPS) is 12.8. The summed E-state index contributed by atoms with van der Waals surface area (Å²) in [6.07, 6.45) is 0. The fourth-order valence-corrected chi connectivity index (χ4v) is 1.57. The van der Waals surface area contributed by atoms with Crippen LogP contribution in [-0.2, 0) is 11.3 Å². The second-order valence-corrected chi connectivity index (χ2v) is 3.81. The van der Waals surface area contributed by atoms with E-state index in [1.165, 1.54) is 0 Å². The average molecular weight is 199 g/mol. The molecule has 1 amide bonds. The van der Waals surface area contributed by atoms with Crippen LogP contribution in [0.3, 0.4) is 0 Å². The molecule has 0 fully saturated rings. The number of nitrogens with zero attached hydrogens (tertiary/aromatic N) is 1. The van der Waals surface area contributed by atoms with E-state index in [4.69, 9.17) is 5.73 Å². The number of nitrogens with two attached hydrogens (primary N) is 1. The van der Waals surface area contributed by atoms with Gasteiger partial charge in [-0.2, -0.15) is 0 Å². The monoisotopic (exact) mass is 199 g/mol. The number of hydrogen-bond acceptors (Lipinski definition) is 4. The summed E-state index contributed by atoms with van der Waals surface area (Å²) in [6.45, 7) is 4.35. The van der Waals surface area contributed by atoms with Gasteiger partial charge in [0.2, 0.25) is 5.91 Å². The molecule has 0 aromatic carbocycles. The third-order valence-corrected chi connectivity index (χ3v) is 2.78. The lowest BCUT2D eigenvalue weighted by molar-refractivity contribution is -0.119. The van der Waals surface area contributed by atoms with Crippen LogP contribution in [-0.4, -0.2) is 16.9 Å². The molecule has 1 atom stereocenters. The van der Waals surface area contributed by atoms with E-state index in [1.807, 2.05) is 6.92 Å². The maximum Gasteiger partial charge on any atom is 0.234 e. The molecular weight excluding hydrogens is 186 g/mol. The van der Waals surface area contributed by atoms with Crippen LogP contribution in [0.2, 0.25) is 0 Å². The van der Waals surface area contributed by atoms with Crippen molar-refractivity contribution >= 4 is 17.2 Å². The zero-order valence-electron chi connectivity index (χ0n) is 7.70. The lowest BCUT2D eigenvalue weighted by atomic mass is 10.3. The molecule has 4 nitrogen and oxygen atoms in total. The summed E-state index contributed by atoms with van der Waals surface area (Å²) in [5.41, 5.74) is 7.90. The van der Waals surface area contributed by atoms with Crippen molar-refractivity contribution in [2.75, 3.05) is 0 Å². The molecular formula is C8H13N3OS. The minimum Gasteiger partial charge on any atom is -0.368 e. The molecule has 5 heteroatoms. The molecule has 1 rings (SSSR count). The van der Waals surface area contributed by atoms with E-state index in [9.17, 15) is 4.79 Å². The van der Waals surface area contributed by atoms with Gasteiger partial charge >= 0.3 is 0 Å². The fraction of sp³-hybridized carbons (Fsp3) is 0.500. The zero-order chi connectivity index (χ0) is 9.84. The first-order valence-electron chi connectivity index (χ1n) is 4.03. The summed E-state index contributed by atoms with van der Waals surface area (Å²) >= 11 is 1.58. The second kappa shape index (κ2) is 4.34. The van der Waals surface area contributed by atoms with Gasteiger partial charge in [0.25, 0.3) is 0 Å². The Labute approximate surface area is 81.2 Å². The number of rotatable bonds is 4. The van der Waals surface area contributed by atoms with E-state index in [0.717, 1.165) is 10.6 Å². The summed E-state index contributed by atoms with van der Waals surface area (Å²) in [6, 6.07) is -0.290. The van der Waals surface area contributed by atoms with Crippen molar-refractivity contribution in [2.45, 2.75) is 26.4 Å². The largest absolute Gasteiger partial charge is 0.368 e. The minimum atomic E-state index is -0.331. The molecule has 1 aromatic heterocycles. The number of carbonyl (C=O) groups is 1. The highest BCUT2D eigenvalue weighted by Gasteiger charge is 2.08. The quantitative estimate of drug-likeness (QED) is 0.738. The van der Waals surface area contributed by atoms with E-state index in [2.05, 4.69) is 10.3 Å². The van der Waals surface area contributed by atoms with Crippen LogP contribution >= 0.6 is 11.3 Å². The first-order chi connectivity index (χ1) is 6.11. The van der Waals surface area contributed by atoms with Gasteiger partial charge in [-0.1, -0.05) is 0 Å². The number of nitrogens with one attached hydrogen (secondary N) is 1. The topological polar surface area (TPSA) is 68.0 Å². The van der Waals surface area contributed by atoms with E-state index in [-0.39, 0.29) is 11.9 Å². The van der Waals surface area contributed by atoms with Gasteiger partial charge in [-0.05, 0) is 13.8 Å². The van der Waals surface area contributed by atoms with Gasteiger partial charge in [-0.3, -0.25) is 4.79 Å². The fourth-order valence-electron chi connectivity index (χ4n) is 0.842. The molecule has 72 valence electrons. The van der Waals surface area contributed by atoms with Crippen molar-refractivity contribution < 1.29 is 4.79 Å². The Hall–Kier alpha value is -0.940. The highest BCUT2D eigenvalue weighted by molar-refractivity contribution is 7.09. The van der Waals surface area contributed by atoms with Crippen molar-refractivity contribution in [1.29, 1.82) is 0 Å². The number of hydrogen-bond donors (Lipinski definition) is 2. The van der Waals surface area contributed by atoms with Crippen LogP contribution in [0.25, 0.3) is 0 Å². The van der Waals surface area contributed by atoms with Gasteiger partial charge in [0, 0.05) is 11.4 Å². The molecule has 0 aliphatic rings. The maximum atomic E-state index is 10.7. The molecule has 0 aliphatic carbocycles. The summed E-state index contributed by atoms with van der Waals surface area (Å²) in [5.74, 6) is -0.331. The Balaban J connectivity index is 2.44. The lowest BCUT2D eigenvalue weighted by Gasteiger charge is -2.08. The zero-order valence-corrected chi connectivity index (χ0v) is 8.52. The molecule has 0 spiro atoms. The lowest BCUT2D eigenvalue weighted by Crippen LogP contribution is -2.38. The van der Waals surface area contributed by atoms with E-state index < -0.39 is 0 Å². The van der Waals surface area contributed by atoms with Gasteiger partial charge in [-0.25, -0.2) is 4.98 Å². The van der Waals surface area contributed by atoms with E-state index >= 15 is 0 Å². The van der Waals surface area contributed by atoms with Crippen LogP contribution in [0.1, 0.15) is 17.5 Å². The van der Waals surface area contributed by atoms with Crippen molar-refractivity contribution in [3.05, 3.63) is 16.1 Å². The third-order valence-electron chi connectivity index (χ3n) is 1.84. The summed E-state index contributed by atoms with van der Waals surface area (Å²) in [5, 5.41) is 3.02. The van der Waals surface area contributed by atoms with E-state index in [0.29, 0.717) is 6.54 Å². The molecule has 0 aliphatic heterocycles. The summed E-state index contributed by atoms with van der Waals surface area (Å²) in [7, 11) is 0. The van der Waals surface area contributed by atoms with Gasteiger partial charge in [0.05, 0.1) is 17.2 Å². The van der Waals surface area contributed by atoms with E-state index in [1.54, 1.807) is 23.8 Å². The first-order valence-corrected chi connectivity index (χ1v) is 4.91. The van der Waals surface area contributed by atoms with Crippen LogP contribution < -0.4 is 11.1 Å². The van der Waals surface area contributed by atoms with Crippen molar-refractivity contribution in [1.82, 2.24) is 10.3 Å². The smallest absolute Gasteiger partial charge is 0.234 e. The Morgan fingerprint density at radius 2 is 2.54 bits per heavy atom. The second-order valence-electron chi connectivity index (χ2n) is 2.87. The van der Waals surface area contributed by atoms with Crippen molar-refractivity contribution in [3.63, 3.8) is 0 Å². The average Bonchev–Trinajstić information content (AvgIpc) is 2.47. The Bertz CT molecular complexity index is 297. The third kappa shape index (κ3) is 2.78. The standard InChI is InChI=1S/C8H13N3OS/c1-5-7(13-4-11-5)3-10-6(2)8(9)12/h4,6,10H,3H2,1-2H3,(H2,9,12). The maximum absolute atomic E-state index is 10.7. The predicted octanol–water partition coefficient (Wildman–Crippen LogP) is 0.415. The first kappa shape index (κ1) is 10.1. The molecule has 0 saturated heterocycles. The Kier molecular flexibility index (Phi) is 3.39. The molecule has 13 heavy (non-hydrogen) atoms. The summed E-state index contributed by atoms with van der Waals surface area (Å²) in [4.78, 5) is 15.9. The SMILES string of the molecule is Cc1ncsc1CNC(C)C(N)=O. The number of aromatic nitrogens is 1. The highest BCUT2D eigenvalue weighted by atomic mass is 32.1. The number of aryl methyl sites for hydroxylation is 1. The van der Waals surface area contributed by atoms with Gasteiger partial charge in [-0.15, -0.1) is 11.3 Å². The number of carbonyl (C=O) groups excluding carboxylic acids is 1. The highest BCUT2D eigenvalue weighted by Crippen LogP contribution is 2.11. The molecule has 3 N–H and O–H groups in total. The number of primary amides is 1. The molecule has 0 saturated carbocycles. The summed E-state index contributed by atoms with van der Waals surface area (Å²) < 4.78 is 0. The van der Waals surface area contributed by atoms with Gasteiger partial charge < -0.3 is 11.1 Å². The van der Waals surface area contributed by atoms with Crippen LogP contribution in [0, 0.1) is 6.92 Å². The molecule has 0 radical (unpaired) electrons. The number of amides is 1. The minimum absolute atomic E-state index is 0.290. The Morgan fingerprint density at radius 1 is 1.85 bits per heavy atom. The molecule has 1 heterocycles. The van der Waals surface area contributed by atoms with Gasteiger partial charge in [0.1, 0.15) is 0 Å². The molecule has 0 bridgehead atoms.